The minimum atomic E-state index is -0.262. The zero-order valence-electron chi connectivity index (χ0n) is 10.6. The number of likely N-dealkylation sites (N-methyl/N-ethyl adjacent to an activating group) is 1. The highest BCUT2D eigenvalue weighted by atomic mass is 79.9. The first-order valence-electron chi connectivity index (χ1n) is 6.50. The Labute approximate surface area is 116 Å². The summed E-state index contributed by atoms with van der Waals surface area (Å²) >= 11 is 3.23. The van der Waals surface area contributed by atoms with Crippen LogP contribution in [0.1, 0.15) is 26.2 Å². The molecule has 0 saturated carbocycles. The van der Waals surface area contributed by atoms with E-state index in [1.807, 2.05) is 11.8 Å². The highest BCUT2D eigenvalue weighted by Crippen LogP contribution is 2.21. The van der Waals surface area contributed by atoms with Crippen LogP contribution >= 0.6 is 15.9 Å². The van der Waals surface area contributed by atoms with Crippen LogP contribution in [0.15, 0.2) is 16.7 Å². The molecule has 2 heterocycles. The summed E-state index contributed by atoms with van der Waals surface area (Å²) in [6, 6.07) is 1.92. The summed E-state index contributed by atoms with van der Waals surface area (Å²) in [6.07, 6.45) is 5.31. The molecule has 0 aromatic carbocycles. The molecule has 1 aliphatic heterocycles. The Kier molecular flexibility index (Phi) is 4.95. The molecule has 5 heteroatoms. The minimum Gasteiger partial charge on any atom is -0.353 e. The van der Waals surface area contributed by atoms with E-state index in [4.69, 9.17) is 0 Å². The number of halogens is 2. The molecular formula is C13H19BrFN3. The van der Waals surface area contributed by atoms with Gasteiger partial charge in [0.1, 0.15) is 0 Å². The van der Waals surface area contributed by atoms with Gasteiger partial charge in [0, 0.05) is 29.8 Å². The van der Waals surface area contributed by atoms with Crippen LogP contribution in [0.2, 0.25) is 0 Å². The molecule has 0 aliphatic carbocycles. The molecule has 3 nitrogen and oxygen atoms in total. The second-order valence-electron chi connectivity index (χ2n) is 4.64. The summed E-state index contributed by atoms with van der Waals surface area (Å²) in [4.78, 5) is 6.20. The molecule has 0 bridgehead atoms. The minimum absolute atomic E-state index is 0.262. The molecule has 0 amide bonds. The third kappa shape index (κ3) is 3.42. The summed E-state index contributed by atoms with van der Waals surface area (Å²) in [6.45, 7) is 4.69. The van der Waals surface area contributed by atoms with Gasteiger partial charge < -0.3 is 10.2 Å². The maximum atomic E-state index is 13.9. The molecule has 1 aromatic rings. The van der Waals surface area contributed by atoms with Crippen molar-refractivity contribution in [2.24, 2.45) is 0 Å². The Morgan fingerprint density at radius 1 is 1.56 bits per heavy atom. The van der Waals surface area contributed by atoms with Gasteiger partial charge in [0.05, 0.1) is 0 Å². The Hall–Kier alpha value is -0.680. The standard InChI is InChI=1S/C13H19BrFN3/c1-2-18(9-11-5-3-4-6-16-11)13-12(15)7-10(14)8-17-13/h7-8,11,16H,2-6,9H2,1H3. The van der Waals surface area contributed by atoms with Crippen LogP contribution in [-0.2, 0) is 0 Å². The topological polar surface area (TPSA) is 28.2 Å². The molecule has 1 N–H and O–H groups in total. The van der Waals surface area contributed by atoms with Gasteiger partial charge in [0.2, 0.25) is 0 Å². The molecule has 1 fully saturated rings. The van der Waals surface area contributed by atoms with Gasteiger partial charge in [0.25, 0.3) is 0 Å². The van der Waals surface area contributed by atoms with E-state index in [1.54, 1.807) is 6.20 Å². The monoisotopic (exact) mass is 315 g/mol. The van der Waals surface area contributed by atoms with Crippen molar-refractivity contribution >= 4 is 21.7 Å². The second-order valence-corrected chi connectivity index (χ2v) is 5.56. The molecule has 1 aliphatic rings. The van der Waals surface area contributed by atoms with Gasteiger partial charge in [-0.25, -0.2) is 9.37 Å². The molecule has 1 unspecified atom stereocenters. The van der Waals surface area contributed by atoms with Crippen molar-refractivity contribution in [1.82, 2.24) is 10.3 Å². The normalized spacial score (nSPS) is 19.8. The highest BCUT2D eigenvalue weighted by molar-refractivity contribution is 9.10. The van der Waals surface area contributed by atoms with Crippen molar-refractivity contribution in [3.63, 3.8) is 0 Å². The number of rotatable bonds is 4. The number of piperidine rings is 1. The number of anilines is 1. The van der Waals surface area contributed by atoms with Crippen LogP contribution in [0.3, 0.4) is 0 Å². The smallest absolute Gasteiger partial charge is 0.166 e. The molecule has 0 radical (unpaired) electrons. The quantitative estimate of drug-likeness (QED) is 0.926. The molecule has 1 atom stereocenters. The van der Waals surface area contributed by atoms with E-state index in [2.05, 4.69) is 26.2 Å². The van der Waals surface area contributed by atoms with Crippen LogP contribution in [0.25, 0.3) is 0 Å². The third-order valence-corrected chi connectivity index (χ3v) is 3.76. The van der Waals surface area contributed by atoms with E-state index in [0.717, 1.165) is 26.1 Å². The molecule has 100 valence electrons. The Morgan fingerprint density at radius 2 is 2.39 bits per heavy atom. The summed E-state index contributed by atoms with van der Waals surface area (Å²) in [5, 5.41) is 3.48. The number of hydrogen-bond donors (Lipinski definition) is 1. The SMILES string of the molecule is CCN(CC1CCCCN1)c1ncc(Br)cc1F. The molecule has 1 saturated heterocycles. The van der Waals surface area contributed by atoms with Gasteiger partial charge in [-0.15, -0.1) is 0 Å². The van der Waals surface area contributed by atoms with E-state index < -0.39 is 0 Å². The molecule has 18 heavy (non-hydrogen) atoms. The van der Waals surface area contributed by atoms with Crippen LogP contribution in [0.5, 0.6) is 0 Å². The number of nitrogens with zero attached hydrogens (tertiary/aromatic N) is 2. The zero-order chi connectivity index (χ0) is 13.0. The van der Waals surface area contributed by atoms with Crippen molar-refractivity contribution in [3.05, 3.63) is 22.6 Å². The second kappa shape index (κ2) is 6.48. The van der Waals surface area contributed by atoms with Gasteiger partial charge in [-0.05, 0) is 48.3 Å². The summed E-state index contributed by atoms with van der Waals surface area (Å²) < 4.78 is 14.6. The predicted octanol–water partition coefficient (Wildman–Crippen LogP) is 2.95. The van der Waals surface area contributed by atoms with Gasteiger partial charge in [-0.1, -0.05) is 6.42 Å². The fourth-order valence-electron chi connectivity index (χ4n) is 2.35. The molecule has 1 aromatic heterocycles. The lowest BCUT2D eigenvalue weighted by Gasteiger charge is -2.30. The van der Waals surface area contributed by atoms with Crippen LogP contribution < -0.4 is 10.2 Å². The van der Waals surface area contributed by atoms with E-state index in [0.29, 0.717) is 16.3 Å². The Bertz CT molecular complexity index is 394. The third-order valence-electron chi connectivity index (χ3n) is 3.32. The van der Waals surface area contributed by atoms with Gasteiger partial charge in [-0.2, -0.15) is 0 Å². The lowest BCUT2D eigenvalue weighted by molar-refractivity contribution is 0.398. The Balaban J connectivity index is 2.07. The van der Waals surface area contributed by atoms with Crippen molar-refractivity contribution < 1.29 is 4.39 Å². The fraction of sp³-hybridized carbons (Fsp3) is 0.615. The summed E-state index contributed by atoms with van der Waals surface area (Å²) in [5.41, 5.74) is 0. The number of hydrogen-bond acceptors (Lipinski definition) is 3. The number of nitrogens with one attached hydrogen (secondary N) is 1. The van der Waals surface area contributed by atoms with Gasteiger partial charge >= 0.3 is 0 Å². The van der Waals surface area contributed by atoms with Crippen molar-refractivity contribution in [2.45, 2.75) is 32.2 Å². The lowest BCUT2D eigenvalue weighted by atomic mass is 10.0. The summed E-state index contributed by atoms with van der Waals surface area (Å²) in [7, 11) is 0. The van der Waals surface area contributed by atoms with E-state index in [-0.39, 0.29) is 5.82 Å². The first kappa shape index (κ1) is 13.7. The van der Waals surface area contributed by atoms with Gasteiger partial charge in [-0.3, -0.25) is 0 Å². The molecular weight excluding hydrogens is 297 g/mol. The van der Waals surface area contributed by atoms with Crippen LogP contribution in [0, 0.1) is 5.82 Å². The number of aromatic nitrogens is 1. The largest absolute Gasteiger partial charge is 0.353 e. The lowest BCUT2D eigenvalue weighted by Crippen LogP contribution is -2.44. The highest BCUT2D eigenvalue weighted by Gasteiger charge is 2.19. The average Bonchev–Trinajstić information content (AvgIpc) is 2.38. The van der Waals surface area contributed by atoms with E-state index >= 15 is 0 Å². The van der Waals surface area contributed by atoms with Crippen LogP contribution in [0.4, 0.5) is 10.2 Å². The van der Waals surface area contributed by atoms with Crippen molar-refractivity contribution in [1.29, 1.82) is 0 Å². The van der Waals surface area contributed by atoms with Gasteiger partial charge in [0.15, 0.2) is 11.6 Å². The van der Waals surface area contributed by atoms with E-state index in [9.17, 15) is 4.39 Å². The first-order valence-corrected chi connectivity index (χ1v) is 7.29. The Morgan fingerprint density at radius 3 is 3.00 bits per heavy atom. The zero-order valence-corrected chi connectivity index (χ0v) is 12.2. The average molecular weight is 316 g/mol. The first-order chi connectivity index (χ1) is 8.70. The van der Waals surface area contributed by atoms with Crippen molar-refractivity contribution in [2.75, 3.05) is 24.5 Å². The predicted molar refractivity (Wildman–Crippen MR) is 75.4 cm³/mol. The van der Waals surface area contributed by atoms with E-state index in [1.165, 1.54) is 18.9 Å². The number of pyridine rings is 1. The maximum Gasteiger partial charge on any atom is 0.166 e. The molecule has 2 rings (SSSR count). The van der Waals surface area contributed by atoms with Crippen molar-refractivity contribution in [3.8, 4) is 0 Å². The fourth-order valence-corrected chi connectivity index (χ4v) is 2.65. The summed E-state index contributed by atoms with van der Waals surface area (Å²) in [5.74, 6) is 0.190. The van der Waals surface area contributed by atoms with Crippen LogP contribution in [-0.4, -0.2) is 30.7 Å². The molecule has 0 spiro atoms. The maximum absolute atomic E-state index is 13.9.